The molecule has 1 amide bonds. The number of carbonyl (C=O) groups excluding carboxylic acids is 1. The van der Waals surface area contributed by atoms with Gasteiger partial charge in [-0.3, -0.25) is 9.48 Å². The number of hydrogen-bond donors (Lipinski definition) is 0. The highest BCUT2D eigenvalue weighted by atomic mass is 16.7. The Morgan fingerprint density at radius 3 is 2.64 bits per heavy atom. The quantitative estimate of drug-likeness (QED) is 0.845. The molecule has 2 saturated heterocycles. The lowest BCUT2D eigenvalue weighted by atomic mass is 10.00. The lowest BCUT2D eigenvalue weighted by molar-refractivity contribution is -0.150. The van der Waals surface area contributed by atoms with Crippen LogP contribution in [0.3, 0.4) is 0 Å². The van der Waals surface area contributed by atoms with E-state index >= 15 is 0 Å². The first-order valence-electron chi connectivity index (χ1n) is 8.09. The molecule has 0 spiro atoms. The molecule has 2 fully saturated rings. The fourth-order valence-corrected chi connectivity index (χ4v) is 3.47. The maximum atomic E-state index is 12.8. The fourth-order valence-electron chi connectivity index (χ4n) is 3.47. The Balaban J connectivity index is 1.74. The Bertz CT molecular complexity index is 549. The van der Waals surface area contributed by atoms with E-state index < -0.39 is 0 Å². The average molecular weight is 307 g/mol. The van der Waals surface area contributed by atoms with Gasteiger partial charge in [0.2, 0.25) is 5.91 Å². The zero-order valence-electron chi connectivity index (χ0n) is 13.7. The number of rotatable bonds is 3. The summed E-state index contributed by atoms with van der Waals surface area (Å²) in [5.41, 5.74) is 3.05. The molecule has 1 aromatic rings. The standard InChI is InChI=1S/C16H25N3O3/c1-11-13(12(2)18(3)17-11)10-15(20)19-7-5-4-6-14(19)16-21-8-9-22-16/h14,16H,4-10H2,1-3H3. The third kappa shape index (κ3) is 2.90. The van der Waals surface area contributed by atoms with Crippen molar-refractivity contribution in [2.45, 2.75) is 51.9 Å². The molecule has 0 radical (unpaired) electrons. The Hall–Kier alpha value is -1.40. The van der Waals surface area contributed by atoms with Crippen molar-refractivity contribution in [1.82, 2.24) is 14.7 Å². The minimum atomic E-state index is -0.250. The van der Waals surface area contributed by atoms with Crippen LogP contribution in [0, 0.1) is 13.8 Å². The summed E-state index contributed by atoms with van der Waals surface area (Å²) < 4.78 is 13.1. The molecule has 0 N–H and O–H groups in total. The van der Waals surface area contributed by atoms with Crippen molar-refractivity contribution in [3.8, 4) is 0 Å². The van der Waals surface area contributed by atoms with Crippen LogP contribution in [-0.4, -0.2) is 52.7 Å². The lowest BCUT2D eigenvalue weighted by Crippen LogP contribution is -2.50. The van der Waals surface area contributed by atoms with E-state index in [1.165, 1.54) is 0 Å². The van der Waals surface area contributed by atoms with Crippen LogP contribution in [0.5, 0.6) is 0 Å². The molecule has 2 aliphatic rings. The predicted molar refractivity (Wildman–Crippen MR) is 81.4 cm³/mol. The highest BCUT2D eigenvalue weighted by Gasteiger charge is 2.36. The van der Waals surface area contributed by atoms with Gasteiger partial charge in [-0.2, -0.15) is 5.10 Å². The smallest absolute Gasteiger partial charge is 0.227 e. The van der Waals surface area contributed by atoms with Crippen molar-refractivity contribution in [2.75, 3.05) is 19.8 Å². The molecule has 3 heterocycles. The average Bonchev–Trinajstić information content (AvgIpc) is 3.12. The highest BCUT2D eigenvalue weighted by molar-refractivity contribution is 5.79. The number of carbonyl (C=O) groups is 1. The molecule has 22 heavy (non-hydrogen) atoms. The molecular weight excluding hydrogens is 282 g/mol. The van der Waals surface area contributed by atoms with E-state index in [4.69, 9.17) is 9.47 Å². The van der Waals surface area contributed by atoms with Crippen molar-refractivity contribution in [3.63, 3.8) is 0 Å². The minimum absolute atomic E-state index is 0.0565. The maximum absolute atomic E-state index is 12.8. The molecule has 0 aromatic carbocycles. The molecule has 2 aliphatic heterocycles. The lowest BCUT2D eigenvalue weighted by Gasteiger charge is -2.38. The van der Waals surface area contributed by atoms with E-state index in [1.807, 2.05) is 30.5 Å². The number of hydrogen-bond acceptors (Lipinski definition) is 4. The fraction of sp³-hybridized carbons (Fsp3) is 0.750. The zero-order chi connectivity index (χ0) is 15.7. The van der Waals surface area contributed by atoms with Crippen LogP contribution < -0.4 is 0 Å². The zero-order valence-corrected chi connectivity index (χ0v) is 13.7. The molecule has 0 aliphatic carbocycles. The van der Waals surface area contributed by atoms with E-state index in [0.29, 0.717) is 19.6 Å². The van der Waals surface area contributed by atoms with E-state index in [0.717, 1.165) is 42.8 Å². The van der Waals surface area contributed by atoms with Crippen LogP contribution in [-0.2, 0) is 27.7 Å². The summed E-state index contributed by atoms with van der Waals surface area (Å²) in [7, 11) is 1.92. The molecule has 6 nitrogen and oxygen atoms in total. The summed E-state index contributed by atoms with van der Waals surface area (Å²) >= 11 is 0. The van der Waals surface area contributed by atoms with Gasteiger partial charge in [-0.05, 0) is 33.1 Å². The summed E-state index contributed by atoms with van der Waals surface area (Å²) in [6, 6.07) is 0.0565. The van der Waals surface area contributed by atoms with Gasteiger partial charge in [0.05, 0.1) is 31.4 Å². The second-order valence-corrected chi connectivity index (χ2v) is 6.21. The van der Waals surface area contributed by atoms with Crippen LogP contribution in [0.1, 0.15) is 36.2 Å². The molecule has 0 bridgehead atoms. The van der Waals surface area contributed by atoms with Gasteiger partial charge in [0, 0.05) is 24.8 Å². The topological polar surface area (TPSA) is 56.6 Å². The molecule has 1 aromatic heterocycles. The monoisotopic (exact) mass is 307 g/mol. The molecule has 6 heteroatoms. The molecule has 1 unspecified atom stereocenters. The summed E-state index contributed by atoms with van der Waals surface area (Å²) in [4.78, 5) is 14.8. The number of aromatic nitrogens is 2. The van der Waals surface area contributed by atoms with Gasteiger partial charge >= 0.3 is 0 Å². The molecule has 122 valence electrons. The largest absolute Gasteiger partial charge is 0.348 e. The Kier molecular flexibility index (Phi) is 4.49. The summed E-state index contributed by atoms with van der Waals surface area (Å²) in [5.74, 6) is 0.156. The maximum Gasteiger partial charge on any atom is 0.227 e. The van der Waals surface area contributed by atoms with E-state index in [9.17, 15) is 4.79 Å². The number of amides is 1. The van der Waals surface area contributed by atoms with E-state index in [-0.39, 0.29) is 18.2 Å². The van der Waals surface area contributed by atoms with Crippen LogP contribution >= 0.6 is 0 Å². The van der Waals surface area contributed by atoms with Gasteiger partial charge in [0.1, 0.15) is 0 Å². The summed E-state index contributed by atoms with van der Waals surface area (Å²) in [6.45, 7) is 6.03. The Labute approximate surface area is 131 Å². The second-order valence-electron chi connectivity index (χ2n) is 6.21. The summed E-state index contributed by atoms with van der Waals surface area (Å²) in [5, 5.41) is 4.40. The van der Waals surface area contributed by atoms with Crippen molar-refractivity contribution in [3.05, 3.63) is 17.0 Å². The molecular formula is C16H25N3O3. The van der Waals surface area contributed by atoms with Gasteiger partial charge < -0.3 is 14.4 Å². The normalized spacial score (nSPS) is 23.2. The van der Waals surface area contributed by atoms with Gasteiger partial charge in [-0.25, -0.2) is 0 Å². The number of aryl methyl sites for hydroxylation is 2. The second kappa shape index (κ2) is 6.38. The minimum Gasteiger partial charge on any atom is -0.348 e. The number of nitrogens with zero attached hydrogens (tertiary/aromatic N) is 3. The van der Waals surface area contributed by atoms with Crippen molar-refractivity contribution < 1.29 is 14.3 Å². The molecule has 3 rings (SSSR count). The molecule has 1 atom stereocenters. The van der Waals surface area contributed by atoms with E-state index in [1.54, 1.807) is 0 Å². The van der Waals surface area contributed by atoms with Gasteiger partial charge in [-0.1, -0.05) is 0 Å². The first-order valence-corrected chi connectivity index (χ1v) is 8.09. The van der Waals surface area contributed by atoms with Crippen LogP contribution in [0.15, 0.2) is 0 Å². The number of piperidine rings is 1. The van der Waals surface area contributed by atoms with Crippen molar-refractivity contribution in [2.24, 2.45) is 7.05 Å². The van der Waals surface area contributed by atoms with Gasteiger partial charge in [-0.15, -0.1) is 0 Å². The Morgan fingerprint density at radius 1 is 1.27 bits per heavy atom. The van der Waals surface area contributed by atoms with E-state index in [2.05, 4.69) is 5.10 Å². The summed E-state index contributed by atoms with van der Waals surface area (Å²) in [6.07, 6.45) is 3.30. The van der Waals surface area contributed by atoms with Crippen LogP contribution in [0.4, 0.5) is 0 Å². The number of ether oxygens (including phenoxy) is 2. The van der Waals surface area contributed by atoms with Crippen LogP contribution in [0.25, 0.3) is 0 Å². The van der Waals surface area contributed by atoms with Crippen molar-refractivity contribution in [1.29, 1.82) is 0 Å². The third-order valence-corrected chi connectivity index (χ3v) is 4.82. The van der Waals surface area contributed by atoms with Crippen LogP contribution in [0.2, 0.25) is 0 Å². The van der Waals surface area contributed by atoms with Gasteiger partial charge in [0.15, 0.2) is 6.29 Å². The highest BCUT2D eigenvalue weighted by Crippen LogP contribution is 2.25. The predicted octanol–water partition coefficient (Wildman–Crippen LogP) is 1.33. The first kappa shape index (κ1) is 15.5. The third-order valence-electron chi connectivity index (χ3n) is 4.82. The van der Waals surface area contributed by atoms with Gasteiger partial charge in [0.25, 0.3) is 0 Å². The number of likely N-dealkylation sites (tertiary alicyclic amines) is 1. The first-order chi connectivity index (χ1) is 10.6. The molecule has 0 saturated carbocycles. The Morgan fingerprint density at radius 2 is 2.00 bits per heavy atom. The van der Waals surface area contributed by atoms with Crippen molar-refractivity contribution >= 4 is 5.91 Å². The SMILES string of the molecule is Cc1nn(C)c(C)c1CC(=O)N1CCCCC1C1OCCO1.